The van der Waals surface area contributed by atoms with Gasteiger partial charge in [0, 0.05) is 37.9 Å². The summed E-state index contributed by atoms with van der Waals surface area (Å²) in [6.07, 6.45) is 0. The van der Waals surface area contributed by atoms with Gasteiger partial charge < -0.3 is 15.5 Å². The van der Waals surface area contributed by atoms with Gasteiger partial charge >= 0.3 is 0 Å². The number of nitrogens with two attached hydrogens (primary N) is 1. The molecule has 1 fully saturated rings. The first-order chi connectivity index (χ1) is 12.1. The van der Waals surface area contributed by atoms with Crippen LogP contribution in [0, 0.1) is 12.8 Å². The molecule has 0 aromatic heterocycles. The Morgan fingerprint density at radius 1 is 0.960 bits per heavy atom. The lowest BCUT2D eigenvalue weighted by atomic mass is 9.94. The summed E-state index contributed by atoms with van der Waals surface area (Å²) in [5, 5.41) is 0. The number of aryl methyl sites for hydroxylation is 1. The number of para-hydroxylation sites is 1. The molecule has 3 rings (SSSR count). The molecule has 2 N–H and O–H groups in total. The quantitative estimate of drug-likeness (QED) is 0.933. The highest BCUT2D eigenvalue weighted by Crippen LogP contribution is 2.24. The molecule has 4 heteroatoms. The maximum absolute atomic E-state index is 12.9. The fourth-order valence-corrected chi connectivity index (χ4v) is 3.49. The second kappa shape index (κ2) is 7.70. The maximum atomic E-state index is 12.9. The third-order valence-electron chi connectivity index (χ3n) is 5.16. The molecule has 1 saturated heterocycles. The van der Waals surface area contributed by atoms with Crippen molar-refractivity contribution in [3.63, 3.8) is 0 Å². The highest BCUT2D eigenvalue weighted by atomic mass is 16.2. The van der Waals surface area contributed by atoms with Crippen LogP contribution in [0.15, 0.2) is 54.6 Å². The van der Waals surface area contributed by atoms with E-state index in [1.807, 2.05) is 42.2 Å². The predicted octanol–water partition coefficient (Wildman–Crippen LogP) is 2.98. The van der Waals surface area contributed by atoms with E-state index in [1.54, 1.807) is 0 Å². The van der Waals surface area contributed by atoms with E-state index in [4.69, 9.17) is 5.73 Å². The van der Waals surface area contributed by atoms with Gasteiger partial charge in [0.15, 0.2) is 0 Å². The number of carbonyl (C=O) groups excluding carboxylic acids is 1. The lowest BCUT2D eigenvalue weighted by Crippen LogP contribution is -2.51. The van der Waals surface area contributed by atoms with Crippen LogP contribution in [0.1, 0.15) is 24.1 Å². The van der Waals surface area contributed by atoms with Crippen molar-refractivity contribution in [2.45, 2.75) is 19.9 Å². The molecule has 0 spiro atoms. The largest absolute Gasteiger partial charge is 0.368 e. The maximum Gasteiger partial charge on any atom is 0.227 e. The van der Waals surface area contributed by atoms with Crippen LogP contribution < -0.4 is 10.6 Å². The van der Waals surface area contributed by atoms with Crippen LogP contribution in [0.4, 0.5) is 5.69 Å². The Labute approximate surface area is 150 Å². The molecule has 4 nitrogen and oxygen atoms in total. The van der Waals surface area contributed by atoms with E-state index in [0.717, 1.165) is 31.7 Å². The summed E-state index contributed by atoms with van der Waals surface area (Å²) in [7, 11) is 0. The molecule has 2 aromatic carbocycles. The zero-order chi connectivity index (χ0) is 17.8. The van der Waals surface area contributed by atoms with E-state index in [1.165, 1.54) is 11.3 Å². The molecule has 1 heterocycles. The first-order valence-electron chi connectivity index (χ1n) is 8.98. The summed E-state index contributed by atoms with van der Waals surface area (Å²) in [5.41, 5.74) is 9.89. The topological polar surface area (TPSA) is 49.6 Å². The van der Waals surface area contributed by atoms with Crippen LogP contribution in [0.5, 0.6) is 0 Å². The standard InChI is InChI=1S/C21H27N3O/c1-16-8-6-7-11-19(16)23-12-14-24(15-13-23)21(25)17(2)20(22)18-9-4-3-5-10-18/h3-11,17,20H,12-15,22H2,1-2H3. The Bertz CT molecular complexity index is 708. The summed E-state index contributed by atoms with van der Waals surface area (Å²) in [4.78, 5) is 17.2. The Kier molecular flexibility index (Phi) is 5.39. The minimum absolute atomic E-state index is 0.154. The Hall–Kier alpha value is -2.33. The van der Waals surface area contributed by atoms with Gasteiger partial charge in [-0.05, 0) is 24.1 Å². The molecule has 0 bridgehead atoms. The van der Waals surface area contributed by atoms with Crippen LogP contribution in [-0.2, 0) is 4.79 Å². The summed E-state index contributed by atoms with van der Waals surface area (Å²) in [6.45, 7) is 7.30. The molecule has 2 atom stereocenters. The fraction of sp³-hybridized carbons (Fsp3) is 0.381. The molecule has 0 aliphatic carbocycles. The number of nitrogens with zero attached hydrogens (tertiary/aromatic N) is 2. The van der Waals surface area contributed by atoms with Crippen molar-refractivity contribution < 1.29 is 4.79 Å². The van der Waals surface area contributed by atoms with Crippen molar-refractivity contribution in [1.82, 2.24) is 4.90 Å². The number of carbonyl (C=O) groups is 1. The number of rotatable bonds is 4. The van der Waals surface area contributed by atoms with Crippen molar-refractivity contribution in [3.8, 4) is 0 Å². The zero-order valence-electron chi connectivity index (χ0n) is 15.1. The van der Waals surface area contributed by atoms with Crippen molar-refractivity contribution >= 4 is 11.6 Å². The summed E-state index contributed by atoms with van der Waals surface area (Å²) < 4.78 is 0. The van der Waals surface area contributed by atoms with Gasteiger partial charge in [-0.3, -0.25) is 4.79 Å². The van der Waals surface area contributed by atoms with Crippen molar-refractivity contribution in [1.29, 1.82) is 0 Å². The molecule has 0 radical (unpaired) electrons. The molecule has 2 aromatic rings. The lowest BCUT2D eigenvalue weighted by Gasteiger charge is -2.38. The highest BCUT2D eigenvalue weighted by molar-refractivity contribution is 5.79. The van der Waals surface area contributed by atoms with E-state index in [2.05, 4.69) is 36.1 Å². The monoisotopic (exact) mass is 337 g/mol. The average Bonchev–Trinajstić information content (AvgIpc) is 2.67. The minimum atomic E-state index is -0.261. The third kappa shape index (κ3) is 3.85. The number of amides is 1. The Morgan fingerprint density at radius 3 is 2.20 bits per heavy atom. The van der Waals surface area contributed by atoms with E-state index < -0.39 is 0 Å². The predicted molar refractivity (Wildman–Crippen MR) is 103 cm³/mol. The molecule has 2 unspecified atom stereocenters. The van der Waals surface area contributed by atoms with Crippen LogP contribution in [0.2, 0.25) is 0 Å². The van der Waals surface area contributed by atoms with Gasteiger partial charge in [0.2, 0.25) is 5.91 Å². The second-order valence-electron chi connectivity index (χ2n) is 6.82. The summed E-state index contributed by atoms with van der Waals surface area (Å²) >= 11 is 0. The van der Waals surface area contributed by atoms with E-state index in [0.29, 0.717) is 0 Å². The van der Waals surface area contributed by atoms with Crippen LogP contribution in [0.3, 0.4) is 0 Å². The Balaban J connectivity index is 1.61. The normalized spacial score (nSPS) is 17.2. The van der Waals surface area contributed by atoms with E-state index >= 15 is 0 Å². The molecule has 1 amide bonds. The van der Waals surface area contributed by atoms with Gasteiger partial charge in [0.25, 0.3) is 0 Å². The number of hydrogen-bond acceptors (Lipinski definition) is 3. The fourth-order valence-electron chi connectivity index (χ4n) is 3.49. The van der Waals surface area contributed by atoms with Crippen molar-refractivity contribution in [3.05, 3.63) is 65.7 Å². The van der Waals surface area contributed by atoms with Gasteiger partial charge in [-0.2, -0.15) is 0 Å². The summed E-state index contributed by atoms with van der Waals surface area (Å²) in [6, 6.07) is 18.0. The van der Waals surface area contributed by atoms with Gasteiger partial charge in [0.05, 0.1) is 5.92 Å². The van der Waals surface area contributed by atoms with Crippen LogP contribution in [-0.4, -0.2) is 37.0 Å². The first kappa shape index (κ1) is 17.5. The average molecular weight is 337 g/mol. The molecule has 0 saturated carbocycles. The van der Waals surface area contributed by atoms with Crippen molar-refractivity contribution in [2.24, 2.45) is 11.7 Å². The van der Waals surface area contributed by atoms with Gasteiger partial charge in [-0.15, -0.1) is 0 Å². The van der Waals surface area contributed by atoms with Gasteiger partial charge in [-0.25, -0.2) is 0 Å². The first-order valence-corrected chi connectivity index (χ1v) is 8.98. The van der Waals surface area contributed by atoms with Gasteiger partial charge in [-0.1, -0.05) is 55.5 Å². The van der Waals surface area contributed by atoms with Crippen molar-refractivity contribution in [2.75, 3.05) is 31.1 Å². The second-order valence-corrected chi connectivity index (χ2v) is 6.82. The Morgan fingerprint density at radius 2 is 1.56 bits per heavy atom. The molecular weight excluding hydrogens is 310 g/mol. The SMILES string of the molecule is Cc1ccccc1N1CCN(C(=O)C(C)C(N)c2ccccc2)CC1. The molecule has 25 heavy (non-hydrogen) atoms. The van der Waals surface area contributed by atoms with E-state index in [-0.39, 0.29) is 17.9 Å². The van der Waals surface area contributed by atoms with E-state index in [9.17, 15) is 4.79 Å². The lowest BCUT2D eigenvalue weighted by molar-refractivity contribution is -0.136. The van der Waals surface area contributed by atoms with Crippen LogP contribution >= 0.6 is 0 Å². The highest BCUT2D eigenvalue weighted by Gasteiger charge is 2.29. The number of benzene rings is 2. The zero-order valence-corrected chi connectivity index (χ0v) is 15.1. The minimum Gasteiger partial charge on any atom is -0.368 e. The molecule has 1 aliphatic rings. The van der Waals surface area contributed by atoms with Crippen LogP contribution in [0.25, 0.3) is 0 Å². The smallest absolute Gasteiger partial charge is 0.227 e. The summed E-state index contributed by atoms with van der Waals surface area (Å²) in [5.74, 6) is -0.0619. The molecular formula is C21H27N3O. The number of anilines is 1. The van der Waals surface area contributed by atoms with Gasteiger partial charge in [0.1, 0.15) is 0 Å². The number of hydrogen-bond donors (Lipinski definition) is 1. The molecule has 132 valence electrons. The number of piperazine rings is 1. The molecule has 1 aliphatic heterocycles. The third-order valence-corrected chi connectivity index (χ3v) is 5.16.